The highest BCUT2D eigenvalue weighted by atomic mass is 16.5. The van der Waals surface area contributed by atoms with Gasteiger partial charge in [-0.1, -0.05) is 19.1 Å². The summed E-state index contributed by atoms with van der Waals surface area (Å²) < 4.78 is 17.1. The second-order valence-electron chi connectivity index (χ2n) is 10.2. The molecular weight excluding hydrogens is 484 g/mol. The number of likely N-dealkylation sites (tertiary alicyclic amines) is 1. The second-order valence-corrected chi connectivity index (χ2v) is 10.2. The Morgan fingerprint density at radius 2 is 1.92 bits per heavy atom. The minimum absolute atomic E-state index is 0.0605. The van der Waals surface area contributed by atoms with Crippen LogP contribution >= 0.6 is 0 Å². The minimum atomic E-state index is -0.701. The Morgan fingerprint density at radius 1 is 1.11 bits per heavy atom. The van der Waals surface area contributed by atoms with Crippen molar-refractivity contribution in [2.75, 3.05) is 46.0 Å². The molecule has 2 aromatic carbocycles. The van der Waals surface area contributed by atoms with Crippen LogP contribution in [0.15, 0.2) is 48.0 Å². The van der Waals surface area contributed by atoms with E-state index in [2.05, 4.69) is 4.90 Å². The van der Waals surface area contributed by atoms with Crippen LogP contribution in [0.4, 0.5) is 0 Å². The van der Waals surface area contributed by atoms with Gasteiger partial charge in [-0.2, -0.15) is 0 Å². The van der Waals surface area contributed by atoms with Gasteiger partial charge in [-0.15, -0.1) is 0 Å². The molecule has 2 atom stereocenters. The maximum absolute atomic E-state index is 13.4. The van der Waals surface area contributed by atoms with Crippen molar-refractivity contribution in [3.8, 4) is 11.5 Å². The highest BCUT2D eigenvalue weighted by molar-refractivity contribution is 6.46. The van der Waals surface area contributed by atoms with Gasteiger partial charge in [0.1, 0.15) is 23.4 Å². The second kappa shape index (κ2) is 11.6. The van der Waals surface area contributed by atoms with Crippen molar-refractivity contribution in [2.24, 2.45) is 0 Å². The van der Waals surface area contributed by atoms with E-state index >= 15 is 0 Å². The highest BCUT2D eigenvalue weighted by Gasteiger charge is 2.46. The molecule has 1 N–H and O–H groups in total. The smallest absolute Gasteiger partial charge is 0.295 e. The van der Waals surface area contributed by atoms with Crippen LogP contribution in [0.25, 0.3) is 5.76 Å². The fourth-order valence-corrected chi connectivity index (χ4v) is 5.47. The first-order valence-electron chi connectivity index (χ1n) is 13.6. The number of aliphatic hydroxyl groups is 1. The van der Waals surface area contributed by atoms with E-state index in [1.54, 1.807) is 11.0 Å². The number of carbonyl (C=O) groups excluding carboxylic acids is 2. The molecule has 0 spiro atoms. The van der Waals surface area contributed by atoms with E-state index in [1.165, 1.54) is 0 Å². The molecule has 2 unspecified atom stereocenters. The van der Waals surface area contributed by atoms with Crippen LogP contribution in [0.1, 0.15) is 49.4 Å². The lowest BCUT2D eigenvalue weighted by Crippen LogP contribution is -2.38. The fraction of sp³-hybridized carbons (Fsp3) is 0.467. The van der Waals surface area contributed by atoms with Crippen molar-refractivity contribution >= 4 is 17.4 Å². The van der Waals surface area contributed by atoms with Crippen molar-refractivity contribution in [3.05, 3.63) is 64.7 Å². The molecule has 5 rings (SSSR count). The molecule has 2 fully saturated rings. The van der Waals surface area contributed by atoms with Crippen LogP contribution in [0, 0.1) is 0 Å². The summed E-state index contributed by atoms with van der Waals surface area (Å²) in [5.74, 6) is 0.0495. The van der Waals surface area contributed by atoms with E-state index in [-0.39, 0.29) is 17.4 Å². The number of ketones is 1. The van der Waals surface area contributed by atoms with Gasteiger partial charge in [0.2, 0.25) is 0 Å². The molecule has 0 radical (unpaired) electrons. The first-order valence-corrected chi connectivity index (χ1v) is 13.6. The average Bonchev–Trinajstić information content (AvgIpc) is 3.43. The Balaban J connectivity index is 1.49. The summed E-state index contributed by atoms with van der Waals surface area (Å²) in [5, 5.41) is 11.5. The topological polar surface area (TPSA) is 88.5 Å². The number of hydrogen-bond acceptors (Lipinski definition) is 7. The quantitative estimate of drug-likeness (QED) is 0.304. The summed E-state index contributed by atoms with van der Waals surface area (Å²) >= 11 is 0. The monoisotopic (exact) mass is 520 g/mol. The Bertz CT molecular complexity index is 1220. The minimum Gasteiger partial charge on any atom is -0.507 e. The van der Waals surface area contributed by atoms with Gasteiger partial charge in [0.15, 0.2) is 0 Å². The zero-order valence-corrected chi connectivity index (χ0v) is 22.2. The largest absolute Gasteiger partial charge is 0.507 e. The molecule has 0 aliphatic carbocycles. The number of benzene rings is 2. The van der Waals surface area contributed by atoms with E-state index in [0.29, 0.717) is 44.1 Å². The molecule has 38 heavy (non-hydrogen) atoms. The molecule has 0 saturated carbocycles. The zero-order valence-electron chi connectivity index (χ0n) is 22.2. The lowest BCUT2D eigenvalue weighted by molar-refractivity contribution is -0.140. The summed E-state index contributed by atoms with van der Waals surface area (Å²) in [6, 6.07) is 12.2. The Labute approximate surface area is 223 Å². The molecule has 3 aliphatic rings. The molecule has 8 heteroatoms. The Hall–Kier alpha value is -3.36. The molecule has 1 amide bonds. The predicted octanol–water partition coefficient (Wildman–Crippen LogP) is 3.94. The Morgan fingerprint density at radius 3 is 2.71 bits per heavy atom. The van der Waals surface area contributed by atoms with Gasteiger partial charge < -0.3 is 24.2 Å². The van der Waals surface area contributed by atoms with Gasteiger partial charge in [0, 0.05) is 38.2 Å². The predicted molar refractivity (Wildman–Crippen MR) is 143 cm³/mol. The summed E-state index contributed by atoms with van der Waals surface area (Å²) in [6.45, 7) is 8.95. The zero-order chi connectivity index (χ0) is 26.6. The van der Waals surface area contributed by atoms with Gasteiger partial charge in [0.25, 0.3) is 11.7 Å². The normalized spacial score (nSPS) is 22.9. The summed E-state index contributed by atoms with van der Waals surface area (Å²) in [7, 11) is 0. The van der Waals surface area contributed by atoms with Gasteiger partial charge in [-0.05, 0) is 61.2 Å². The molecule has 0 aromatic heterocycles. The third-order valence-corrected chi connectivity index (χ3v) is 7.33. The summed E-state index contributed by atoms with van der Waals surface area (Å²) in [6.07, 6.45) is 2.37. The van der Waals surface area contributed by atoms with E-state index in [1.807, 2.05) is 50.2 Å². The van der Waals surface area contributed by atoms with E-state index in [9.17, 15) is 14.7 Å². The van der Waals surface area contributed by atoms with E-state index in [0.717, 1.165) is 49.4 Å². The number of Topliss-reactive ketones (excluding diaryl/α,β-unsaturated/α-hetero) is 1. The maximum Gasteiger partial charge on any atom is 0.295 e. The molecule has 8 nitrogen and oxygen atoms in total. The van der Waals surface area contributed by atoms with Crippen molar-refractivity contribution in [2.45, 2.75) is 45.3 Å². The number of carbonyl (C=O) groups is 2. The number of ether oxygens (including phenoxy) is 3. The van der Waals surface area contributed by atoms with Crippen molar-refractivity contribution < 1.29 is 28.9 Å². The third kappa shape index (κ3) is 5.42. The summed E-state index contributed by atoms with van der Waals surface area (Å²) in [4.78, 5) is 30.7. The van der Waals surface area contributed by atoms with Crippen LogP contribution < -0.4 is 9.47 Å². The Kier molecular flexibility index (Phi) is 8.00. The SMILES string of the molecule is CCCOc1cccc(C2C(=C(O)c3ccc4c(c3)CC(C)O4)C(=O)C(=O)N2CCCN2CCOCC2)c1. The van der Waals surface area contributed by atoms with Crippen LogP contribution in [0.5, 0.6) is 11.5 Å². The number of fused-ring (bicyclic) bond motifs is 1. The van der Waals surface area contributed by atoms with Gasteiger partial charge in [-0.25, -0.2) is 0 Å². The number of amides is 1. The number of morpholine rings is 1. The maximum atomic E-state index is 13.4. The van der Waals surface area contributed by atoms with Crippen molar-refractivity contribution in [3.63, 3.8) is 0 Å². The third-order valence-electron chi connectivity index (χ3n) is 7.33. The highest BCUT2D eigenvalue weighted by Crippen LogP contribution is 2.41. The number of aliphatic hydroxyl groups excluding tert-OH is 1. The summed E-state index contributed by atoms with van der Waals surface area (Å²) in [5.41, 5.74) is 2.34. The van der Waals surface area contributed by atoms with Crippen LogP contribution in [0.3, 0.4) is 0 Å². The van der Waals surface area contributed by atoms with E-state index < -0.39 is 17.7 Å². The molecule has 2 saturated heterocycles. The molecule has 2 aromatic rings. The number of hydrogen-bond donors (Lipinski definition) is 1. The van der Waals surface area contributed by atoms with E-state index in [4.69, 9.17) is 14.2 Å². The standard InChI is InChI=1S/C30H36N2O6/c1-3-14-37-24-7-4-6-21(19-24)27-26(28(33)22-8-9-25-23(18-22)17-20(2)38-25)29(34)30(35)32(27)11-5-10-31-12-15-36-16-13-31/h4,6-9,18-20,27,33H,3,5,10-17H2,1-2H3. The van der Waals surface area contributed by atoms with Crippen LogP contribution in [-0.4, -0.2) is 78.7 Å². The molecule has 3 heterocycles. The van der Waals surface area contributed by atoms with Gasteiger partial charge >= 0.3 is 0 Å². The number of nitrogens with zero attached hydrogens (tertiary/aromatic N) is 2. The lowest BCUT2D eigenvalue weighted by Gasteiger charge is -2.29. The van der Waals surface area contributed by atoms with Gasteiger partial charge in [0.05, 0.1) is 31.4 Å². The van der Waals surface area contributed by atoms with Crippen molar-refractivity contribution in [1.29, 1.82) is 0 Å². The molecule has 202 valence electrons. The van der Waals surface area contributed by atoms with Crippen LogP contribution in [0.2, 0.25) is 0 Å². The number of rotatable bonds is 9. The molecular formula is C30H36N2O6. The van der Waals surface area contributed by atoms with Gasteiger partial charge in [-0.3, -0.25) is 14.5 Å². The first-order chi connectivity index (χ1) is 18.5. The van der Waals surface area contributed by atoms with Crippen LogP contribution in [-0.2, 0) is 20.7 Å². The molecule has 0 bridgehead atoms. The average molecular weight is 521 g/mol. The lowest BCUT2D eigenvalue weighted by atomic mass is 9.94. The fourth-order valence-electron chi connectivity index (χ4n) is 5.47. The van der Waals surface area contributed by atoms with Crippen molar-refractivity contribution in [1.82, 2.24) is 9.80 Å². The molecule has 3 aliphatic heterocycles. The first kappa shape index (κ1) is 26.3.